The molecular weight excluding hydrogens is 226 g/mol. The van der Waals surface area contributed by atoms with Crippen LogP contribution in [0, 0.1) is 6.92 Å². The van der Waals surface area contributed by atoms with E-state index < -0.39 is 0 Å². The van der Waals surface area contributed by atoms with E-state index in [-0.39, 0.29) is 12.1 Å². The summed E-state index contributed by atoms with van der Waals surface area (Å²) in [5.74, 6) is 0.00751. The molecule has 0 spiro atoms. The average molecular weight is 239 g/mol. The molecular formula is C14H13N3O. The standard InChI is InChI=1S/C14H13N3O/c1-8-3-2-4-9-10(8)7-11-12(9)16-14(18)13-15-5-6-17(11)13/h2-6,13,15H,7H2,1H3,(H,16,18). The third-order valence-corrected chi connectivity index (χ3v) is 3.89. The smallest absolute Gasteiger partial charge is 0.268 e. The number of carbonyl (C=O) groups is 1. The summed E-state index contributed by atoms with van der Waals surface area (Å²) in [4.78, 5) is 14.1. The summed E-state index contributed by atoms with van der Waals surface area (Å²) in [6.07, 6.45) is 4.38. The molecule has 18 heavy (non-hydrogen) atoms. The highest BCUT2D eigenvalue weighted by molar-refractivity contribution is 5.96. The van der Waals surface area contributed by atoms with Crippen molar-refractivity contribution in [1.29, 1.82) is 0 Å². The van der Waals surface area contributed by atoms with E-state index in [4.69, 9.17) is 0 Å². The molecule has 1 atom stereocenters. The molecule has 0 radical (unpaired) electrons. The number of nitrogens with one attached hydrogen (secondary N) is 2. The summed E-state index contributed by atoms with van der Waals surface area (Å²) in [5.41, 5.74) is 5.93. The SMILES string of the molecule is Cc1cccc2c1CC1=C2NC(=O)C2NC=CN12. The molecule has 2 aliphatic heterocycles. The van der Waals surface area contributed by atoms with Gasteiger partial charge in [0, 0.05) is 30.1 Å². The van der Waals surface area contributed by atoms with Gasteiger partial charge in [0.25, 0.3) is 5.91 Å². The lowest BCUT2D eigenvalue weighted by molar-refractivity contribution is -0.124. The largest absolute Gasteiger partial charge is 0.362 e. The lowest BCUT2D eigenvalue weighted by Crippen LogP contribution is -2.51. The van der Waals surface area contributed by atoms with Gasteiger partial charge in [0.2, 0.25) is 0 Å². The molecule has 90 valence electrons. The van der Waals surface area contributed by atoms with E-state index >= 15 is 0 Å². The maximum atomic E-state index is 12.0. The van der Waals surface area contributed by atoms with Crippen molar-refractivity contribution in [2.75, 3.05) is 0 Å². The van der Waals surface area contributed by atoms with Crippen molar-refractivity contribution in [1.82, 2.24) is 15.5 Å². The topological polar surface area (TPSA) is 44.4 Å². The fourth-order valence-corrected chi connectivity index (χ4v) is 2.96. The van der Waals surface area contributed by atoms with Crippen molar-refractivity contribution in [3.63, 3.8) is 0 Å². The van der Waals surface area contributed by atoms with Gasteiger partial charge < -0.3 is 15.5 Å². The zero-order chi connectivity index (χ0) is 12.3. The zero-order valence-corrected chi connectivity index (χ0v) is 10.0. The summed E-state index contributed by atoms with van der Waals surface area (Å²) in [6, 6.07) is 6.24. The monoisotopic (exact) mass is 239 g/mol. The Labute approximate surface area is 105 Å². The maximum absolute atomic E-state index is 12.0. The Morgan fingerprint density at radius 2 is 2.28 bits per heavy atom. The third kappa shape index (κ3) is 1.07. The van der Waals surface area contributed by atoms with Gasteiger partial charge in [-0.25, -0.2) is 0 Å². The molecule has 1 amide bonds. The minimum atomic E-state index is -0.279. The predicted octanol–water partition coefficient (Wildman–Crippen LogP) is 1.05. The van der Waals surface area contributed by atoms with Crippen molar-refractivity contribution in [3.8, 4) is 0 Å². The summed E-state index contributed by atoms with van der Waals surface area (Å²) in [5, 5.41) is 6.09. The van der Waals surface area contributed by atoms with Crippen LogP contribution in [0.3, 0.4) is 0 Å². The number of rotatable bonds is 0. The van der Waals surface area contributed by atoms with Crippen LogP contribution in [0.1, 0.15) is 16.7 Å². The lowest BCUT2D eigenvalue weighted by atomic mass is 10.0. The Bertz CT molecular complexity index is 630. The van der Waals surface area contributed by atoms with Crippen molar-refractivity contribution in [2.24, 2.45) is 0 Å². The van der Waals surface area contributed by atoms with Gasteiger partial charge in [0.15, 0.2) is 6.17 Å². The average Bonchev–Trinajstić information content (AvgIpc) is 2.94. The number of hydrogen-bond acceptors (Lipinski definition) is 3. The molecule has 2 heterocycles. The maximum Gasteiger partial charge on any atom is 0.268 e. The summed E-state index contributed by atoms with van der Waals surface area (Å²) >= 11 is 0. The van der Waals surface area contributed by atoms with Gasteiger partial charge in [0.05, 0.1) is 5.70 Å². The number of nitrogens with zero attached hydrogens (tertiary/aromatic N) is 1. The number of allylic oxidation sites excluding steroid dienone is 1. The molecule has 1 aliphatic carbocycles. The Morgan fingerprint density at radius 3 is 3.17 bits per heavy atom. The molecule has 4 rings (SSSR count). The van der Waals surface area contributed by atoms with Crippen LogP contribution in [0.5, 0.6) is 0 Å². The molecule has 3 aliphatic rings. The Morgan fingerprint density at radius 1 is 1.39 bits per heavy atom. The predicted molar refractivity (Wildman–Crippen MR) is 67.8 cm³/mol. The summed E-state index contributed by atoms with van der Waals surface area (Å²) < 4.78 is 0. The van der Waals surface area contributed by atoms with Gasteiger partial charge >= 0.3 is 0 Å². The molecule has 0 aromatic heterocycles. The molecule has 2 N–H and O–H groups in total. The molecule has 0 fully saturated rings. The number of hydrogen-bond donors (Lipinski definition) is 2. The van der Waals surface area contributed by atoms with Gasteiger partial charge in [-0.3, -0.25) is 4.79 Å². The number of aryl methyl sites for hydroxylation is 1. The second kappa shape index (κ2) is 3.16. The minimum absolute atomic E-state index is 0.00751. The van der Waals surface area contributed by atoms with Gasteiger partial charge in [0.1, 0.15) is 0 Å². The second-order valence-electron chi connectivity index (χ2n) is 4.88. The van der Waals surface area contributed by atoms with E-state index in [0.717, 1.165) is 17.7 Å². The molecule has 1 unspecified atom stereocenters. The fourth-order valence-electron chi connectivity index (χ4n) is 2.96. The van der Waals surface area contributed by atoms with Crippen LogP contribution in [0.25, 0.3) is 5.70 Å². The van der Waals surface area contributed by atoms with Crippen LogP contribution >= 0.6 is 0 Å². The van der Waals surface area contributed by atoms with Gasteiger partial charge in [-0.05, 0) is 18.1 Å². The third-order valence-electron chi connectivity index (χ3n) is 3.89. The summed E-state index contributed by atoms with van der Waals surface area (Å²) in [7, 11) is 0. The highest BCUT2D eigenvalue weighted by Gasteiger charge is 2.39. The molecule has 0 saturated heterocycles. The highest BCUT2D eigenvalue weighted by Crippen LogP contribution is 2.38. The van der Waals surface area contributed by atoms with Gasteiger partial charge in [-0.1, -0.05) is 18.2 Å². The van der Waals surface area contributed by atoms with Crippen LogP contribution in [0.2, 0.25) is 0 Å². The van der Waals surface area contributed by atoms with Gasteiger partial charge in [-0.15, -0.1) is 0 Å². The lowest BCUT2D eigenvalue weighted by Gasteiger charge is -2.31. The Kier molecular flexibility index (Phi) is 1.71. The molecule has 4 nitrogen and oxygen atoms in total. The van der Waals surface area contributed by atoms with E-state index in [2.05, 4.69) is 29.7 Å². The first-order valence-electron chi connectivity index (χ1n) is 6.09. The van der Waals surface area contributed by atoms with Crippen molar-refractivity contribution < 1.29 is 4.79 Å². The zero-order valence-electron chi connectivity index (χ0n) is 10.0. The number of carbonyl (C=O) groups excluding carboxylic acids is 1. The van der Waals surface area contributed by atoms with E-state index in [1.807, 2.05) is 23.4 Å². The molecule has 1 aromatic rings. The first kappa shape index (κ1) is 9.76. The van der Waals surface area contributed by atoms with Crippen LogP contribution in [0.15, 0.2) is 36.3 Å². The Hall–Kier alpha value is -2.23. The van der Waals surface area contributed by atoms with Crippen molar-refractivity contribution in [3.05, 3.63) is 53.0 Å². The normalized spacial score (nSPS) is 23.5. The van der Waals surface area contributed by atoms with E-state index in [1.165, 1.54) is 16.8 Å². The molecule has 0 bridgehead atoms. The fraction of sp³-hybridized carbons (Fsp3) is 0.214. The molecule has 1 aromatic carbocycles. The van der Waals surface area contributed by atoms with Crippen LogP contribution < -0.4 is 10.6 Å². The number of fused-ring (bicyclic) bond motifs is 4. The number of benzene rings is 1. The van der Waals surface area contributed by atoms with E-state index in [9.17, 15) is 4.79 Å². The molecule has 0 saturated carbocycles. The van der Waals surface area contributed by atoms with E-state index in [1.54, 1.807) is 0 Å². The number of amides is 1. The van der Waals surface area contributed by atoms with Crippen LogP contribution in [0.4, 0.5) is 0 Å². The summed E-state index contributed by atoms with van der Waals surface area (Å²) in [6.45, 7) is 2.12. The first-order chi connectivity index (χ1) is 8.75. The van der Waals surface area contributed by atoms with E-state index in [0.29, 0.717) is 0 Å². The first-order valence-corrected chi connectivity index (χ1v) is 6.09. The quantitative estimate of drug-likeness (QED) is 0.711. The second-order valence-corrected chi connectivity index (χ2v) is 4.88. The van der Waals surface area contributed by atoms with Gasteiger partial charge in [-0.2, -0.15) is 0 Å². The highest BCUT2D eigenvalue weighted by atomic mass is 16.2. The van der Waals surface area contributed by atoms with Crippen LogP contribution in [-0.4, -0.2) is 17.0 Å². The minimum Gasteiger partial charge on any atom is -0.362 e. The van der Waals surface area contributed by atoms with Crippen molar-refractivity contribution in [2.45, 2.75) is 19.5 Å². The Balaban J connectivity index is 1.89. The van der Waals surface area contributed by atoms with Crippen molar-refractivity contribution >= 4 is 11.6 Å². The molecule has 4 heteroatoms. The van der Waals surface area contributed by atoms with Crippen LogP contribution in [-0.2, 0) is 11.2 Å².